The maximum Gasteiger partial charge on any atom is 0.270 e. The highest BCUT2D eigenvalue weighted by molar-refractivity contribution is 5.93. The Kier molecular flexibility index (Phi) is 4.58. The van der Waals surface area contributed by atoms with E-state index >= 15 is 0 Å². The van der Waals surface area contributed by atoms with Crippen LogP contribution < -0.4 is 10.9 Å². The van der Waals surface area contributed by atoms with Gasteiger partial charge in [-0.25, -0.2) is 9.37 Å². The van der Waals surface area contributed by atoms with Crippen molar-refractivity contribution in [2.24, 2.45) is 0 Å². The molecule has 0 fully saturated rings. The first-order valence-electron chi connectivity index (χ1n) is 7.68. The number of nitrogens with zero attached hydrogens (tertiary/aromatic N) is 2. The fourth-order valence-electron chi connectivity index (χ4n) is 2.49. The first-order chi connectivity index (χ1) is 12.0. The molecule has 0 aliphatic carbocycles. The summed E-state index contributed by atoms with van der Waals surface area (Å²) < 4.78 is 14.2. The zero-order chi connectivity index (χ0) is 18.0. The average Bonchev–Trinajstić information content (AvgIpc) is 2.62. The number of fused-ring (bicyclic) bond motifs is 1. The van der Waals surface area contributed by atoms with Gasteiger partial charge in [0.05, 0.1) is 12.1 Å². The Morgan fingerprint density at radius 3 is 2.68 bits per heavy atom. The monoisotopic (exact) mass is 341 g/mol. The van der Waals surface area contributed by atoms with E-state index < -0.39 is 29.4 Å². The minimum absolute atomic E-state index is 0.123. The summed E-state index contributed by atoms with van der Waals surface area (Å²) in [5, 5.41) is 12.9. The molecule has 3 rings (SSSR count). The van der Waals surface area contributed by atoms with Crippen LogP contribution in [0.2, 0.25) is 0 Å². The molecule has 0 bridgehead atoms. The summed E-state index contributed by atoms with van der Waals surface area (Å²) in [6.45, 7) is 1.60. The lowest BCUT2D eigenvalue weighted by atomic mass is 10.0. The number of benzene rings is 1. The molecule has 2 heterocycles. The van der Waals surface area contributed by atoms with Crippen molar-refractivity contribution in [2.75, 3.05) is 0 Å². The van der Waals surface area contributed by atoms with Crippen molar-refractivity contribution in [2.45, 2.75) is 19.1 Å². The van der Waals surface area contributed by atoms with Crippen molar-refractivity contribution in [3.05, 3.63) is 82.2 Å². The molecule has 0 aliphatic heterocycles. The standard InChI is InChI=1S/C18H16FN3O3/c1-11(16(23)12-5-7-13(19)8-6-12)21-17(24)14-10-20-15-4-2-3-9-22(15)18(14)25/h2-11,16,23H,1H3,(H,21,24). The molecule has 0 saturated heterocycles. The number of rotatable bonds is 4. The Morgan fingerprint density at radius 2 is 1.96 bits per heavy atom. The van der Waals surface area contributed by atoms with Crippen LogP contribution >= 0.6 is 0 Å². The quantitative estimate of drug-likeness (QED) is 0.756. The van der Waals surface area contributed by atoms with Gasteiger partial charge in [-0.3, -0.25) is 14.0 Å². The molecule has 7 heteroatoms. The van der Waals surface area contributed by atoms with E-state index in [-0.39, 0.29) is 5.56 Å². The summed E-state index contributed by atoms with van der Waals surface area (Å²) in [6.07, 6.45) is 1.70. The zero-order valence-electron chi connectivity index (χ0n) is 13.4. The van der Waals surface area contributed by atoms with Crippen molar-refractivity contribution in [3.63, 3.8) is 0 Å². The van der Waals surface area contributed by atoms with Gasteiger partial charge in [0, 0.05) is 12.4 Å². The van der Waals surface area contributed by atoms with E-state index in [2.05, 4.69) is 10.3 Å². The molecule has 2 unspecified atom stereocenters. The van der Waals surface area contributed by atoms with Gasteiger partial charge in [-0.1, -0.05) is 18.2 Å². The number of carbonyl (C=O) groups excluding carboxylic acids is 1. The molecule has 6 nitrogen and oxygen atoms in total. The van der Waals surface area contributed by atoms with Crippen LogP contribution in [-0.4, -0.2) is 26.4 Å². The van der Waals surface area contributed by atoms with Gasteiger partial charge in [-0.05, 0) is 36.8 Å². The maximum absolute atomic E-state index is 13.0. The predicted molar refractivity (Wildman–Crippen MR) is 89.8 cm³/mol. The molecule has 2 N–H and O–H groups in total. The second-order valence-electron chi connectivity index (χ2n) is 5.66. The third-order valence-electron chi connectivity index (χ3n) is 3.90. The van der Waals surface area contributed by atoms with Crippen molar-refractivity contribution in [1.29, 1.82) is 0 Å². The van der Waals surface area contributed by atoms with E-state index in [4.69, 9.17) is 0 Å². The van der Waals surface area contributed by atoms with Crippen LogP contribution in [0.4, 0.5) is 4.39 Å². The van der Waals surface area contributed by atoms with Gasteiger partial charge in [0.25, 0.3) is 11.5 Å². The van der Waals surface area contributed by atoms with Gasteiger partial charge in [-0.2, -0.15) is 0 Å². The Morgan fingerprint density at radius 1 is 1.24 bits per heavy atom. The molecule has 0 saturated carbocycles. The van der Waals surface area contributed by atoms with E-state index in [1.807, 2.05) is 0 Å². The molecule has 1 aromatic carbocycles. The number of hydrogen-bond donors (Lipinski definition) is 2. The average molecular weight is 341 g/mol. The largest absolute Gasteiger partial charge is 0.386 e. The molecule has 128 valence electrons. The van der Waals surface area contributed by atoms with Gasteiger partial charge >= 0.3 is 0 Å². The number of halogens is 1. The smallest absolute Gasteiger partial charge is 0.270 e. The first-order valence-corrected chi connectivity index (χ1v) is 7.68. The van der Waals surface area contributed by atoms with Gasteiger partial charge in [-0.15, -0.1) is 0 Å². The third kappa shape index (κ3) is 3.41. The number of nitrogens with one attached hydrogen (secondary N) is 1. The zero-order valence-corrected chi connectivity index (χ0v) is 13.4. The number of amides is 1. The molecule has 0 radical (unpaired) electrons. The normalized spacial score (nSPS) is 13.4. The van der Waals surface area contributed by atoms with Crippen LogP contribution in [0.15, 0.2) is 59.7 Å². The molecule has 2 atom stereocenters. The molecule has 25 heavy (non-hydrogen) atoms. The molecule has 0 aliphatic rings. The van der Waals surface area contributed by atoms with Crippen molar-refractivity contribution >= 4 is 11.6 Å². The van der Waals surface area contributed by atoms with E-state index in [9.17, 15) is 19.1 Å². The van der Waals surface area contributed by atoms with E-state index in [1.165, 1.54) is 41.1 Å². The summed E-state index contributed by atoms with van der Waals surface area (Å²) in [6, 6.07) is 9.71. The van der Waals surface area contributed by atoms with Crippen molar-refractivity contribution in [3.8, 4) is 0 Å². The lowest BCUT2D eigenvalue weighted by Gasteiger charge is -2.20. The molecular formula is C18H16FN3O3. The van der Waals surface area contributed by atoms with Gasteiger partial charge in [0.1, 0.15) is 17.0 Å². The van der Waals surface area contributed by atoms with Crippen LogP contribution in [0.25, 0.3) is 5.65 Å². The van der Waals surface area contributed by atoms with Crippen molar-refractivity contribution < 1.29 is 14.3 Å². The fraction of sp³-hybridized carbons (Fsp3) is 0.167. The highest BCUT2D eigenvalue weighted by Crippen LogP contribution is 2.17. The molecule has 3 aromatic rings. The molecule has 0 spiro atoms. The topological polar surface area (TPSA) is 83.7 Å². The Balaban J connectivity index is 1.81. The van der Waals surface area contributed by atoms with Crippen LogP contribution in [0.1, 0.15) is 28.9 Å². The number of pyridine rings is 1. The minimum atomic E-state index is -1.04. The third-order valence-corrected chi connectivity index (χ3v) is 3.90. The van der Waals surface area contributed by atoms with Crippen molar-refractivity contribution in [1.82, 2.24) is 14.7 Å². The lowest BCUT2D eigenvalue weighted by molar-refractivity contribution is 0.0850. The highest BCUT2D eigenvalue weighted by atomic mass is 19.1. The Labute approximate surface area is 142 Å². The van der Waals surface area contributed by atoms with Gasteiger partial charge in [0.2, 0.25) is 0 Å². The first kappa shape index (κ1) is 16.8. The van der Waals surface area contributed by atoms with Crippen LogP contribution in [0, 0.1) is 5.82 Å². The number of hydrogen-bond acceptors (Lipinski definition) is 4. The second kappa shape index (κ2) is 6.82. The number of aliphatic hydroxyl groups excluding tert-OH is 1. The number of carbonyl (C=O) groups is 1. The summed E-state index contributed by atoms with van der Waals surface area (Å²) >= 11 is 0. The van der Waals surface area contributed by atoms with E-state index in [0.29, 0.717) is 11.2 Å². The van der Waals surface area contributed by atoms with Gasteiger partial charge in [0.15, 0.2) is 0 Å². The summed E-state index contributed by atoms with van der Waals surface area (Å²) in [4.78, 5) is 28.8. The minimum Gasteiger partial charge on any atom is -0.386 e. The lowest BCUT2D eigenvalue weighted by Crippen LogP contribution is -2.40. The predicted octanol–water partition coefficient (Wildman–Crippen LogP) is 1.69. The van der Waals surface area contributed by atoms with Crippen LogP contribution in [0.3, 0.4) is 0 Å². The second-order valence-corrected chi connectivity index (χ2v) is 5.66. The van der Waals surface area contributed by atoms with Gasteiger partial charge < -0.3 is 10.4 Å². The summed E-state index contributed by atoms with van der Waals surface area (Å²) in [5.41, 5.74) is 0.277. The molecular weight excluding hydrogens is 325 g/mol. The summed E-state index contributed by atoms with van der Waals surface area (Å²) in [7, 11) is 0. The summed E-state index contributed by atoms with van der Waals surface area (Å²) in [5.74, 6) is -1.05. The van der Waals surface area contributed by atoms with Crippen LogP contribution in [-0.2, 0) is 0 Å². The number of aromatic nitrogens is 2. The molecule has 1 amide bonds. The SMILES string of the molecule is CC(NC(=O)c1cnc2ccccn2c1=O)C(O)c1ccc(F)cc1. The number of aliphatic hydroxyl groups is 1. The fourth-order valence-corrected chi connectivity index (χ4v) is 2.49. The highest BCUT2D eigenvalue weighted by Gasteiger charge is 2.21. The Hall–Kier alpha value is -3.06. The van der Waals surface area contributed by atoms with E-state index in [1.54, 1.807) is 25.1 Å². The molecule has 2 aromatic heterocycles. The van der Waals surface area contributed by atoms with Crippen LogP contribution in [0.5, 0.6) is 0 Å². The maximum atomic E-state index is 13.0. The van der Waals surface area contributed by atoms with E-state index in [0.717, 1.165) is 0 Å². The Bertz CT molecular complexity index is 969.